The minimum atomic E-state index is 0. The van der Waals surface area contributed by atoms with Crippen molar-refractivity contribution in [2.24, 2.45) is 4.99 Å². The van der Waals surface area contributed by atoms with Crippen molar-refractivity contribution in [2.75, 3.05) is 24.5 Å². The molecule has 0 radical (unpaired) electrons. The highest BCUT2D eigenvalue weighted by atomic mass is 127. The number of hydrogen-bond acceptors (Lipinski definition) is 4. The fraction of sp³-hybridized carbons (Fsp3) is 0.500. The minimum Gasteiger partial charge on any atom is -0.369 e. The molecule has 2 N–H and O–H groups in total. The lowest BCUT2D eigenvalue weighted by molar-refractivity contribution is 0.644. The highest BCUT2D eigenvalue weighted by molar-refractivity contribution is 14.0. The minimum absolute atomic E-state index is 0. The number of anilines is 1. The van der Waals surface area contributed by atoms with Crippen molar-refractivity contribution >= 4 is 35.6 Å². The van der Waals surface area contributed by atoms with Crippen LogP contribution in [0.15, 0.2) is 41.7 Å². The van der Waals surface area contributed by atoms with Crippen molar-refractivity contribution in [3.8, 4) is 0 Å². The Labute approximate surface area is 172 Å². The Hall–Kier alpha value is -1.84. The first kappa shape index (κ1) is 20.5. The Kier molecular flexibility index (Phi) is 8.14. The molecule has 8 heteroatoms. The van der Waals surface area contributed by atoms with E-state index >= 15 is 0 Å². The predicted molar refractivity (Wildman–Crippen MR) is 116 cm³/mol. The van der Waals surface area contributed by atoms with Crippen LogP contribution >= 0.6 is 24.0 Å². The van der Waals surface area contributed by atoms with Gasteiger partial charge in [-0.05, 0) is 32.4 Å². The standard InChI is InChI=1S/C18H27N7.HI/c1-3-19-18(20-12-17-23-21-14-24(17)4-2)22-15-10-11-25(13-15)16-8-6-5-7-9-16;/h5-9,14-15H,3-4,10-13H2,1-2H3,(H2,19,20,22);1H. The van der Waals surface area contributed by atoms with E-state index in [1.165, 1.54) is 5.69 Å². The molecule has 0 bridgehead atoms. The Morgan fingerprint density at radius 2 is 2.08 bits per heavy atom. The van der Waals surface area contributed by atoms with Gasteiger partial charge in [0, 0.05) is 37.9 Å². The van der Waals surface area contributed by atoms with E-state index in [-0.39, 0.29) is 24.0 Å². The topological polar surface area (TPSA) is 70.4 Å². The number of rotatable bonds is 6. The SMILES string of the molecule is CCNC(=NCc1nncn1CC)NC1CCN(c2ccccc2)C1.I. The van der Waals surface area contributed by atoms with Crippen molar-refractivity contribution in [1.82, 2.24) is 25.4 Å². The average molecular weight is 469 g/mol. The third kappa shape index (κ3) is 5.33. The number of aromatic nitrogens is 3. The number of para-hydroxylation sites is 1. The molecule has 1 unspecified atom stereocenters. The summed E-state index contributed by atoms with van der Waals surface area (Å²) in [7, 11) is 0. The second kappa shape index (κ2) is 10.3. The van der Waals surface area contributed by atoms with E-state index < -0.39 is 0 Å². The Morgan fingerprint density at radius 3 is 2.81 bits per heavy atom. The Balaban J connectivity index is 0.00000243. The van der Waals surface area contributed by atoms with E-state index in [0.717, 1.165) is 44.4 Å². The second-order valence-electron chi connectivity index (χ2n) is 6.14. The van der Waals surface area contributed by atoms with Gasteiger partial charge in [0.1, 0.15) is 12.9 Å². The van der Waals surface area contributed by atoms with E-state index in [2.05, 4.69) is 74.9 Å². The molecule has 0 amide bonds. The maximum atomic E-state index is 4.68. The Morgan fingerprint density at radius 1 is 1.27 bits per heavy atom. The molecular weight excluding hydrogens is 441 g/mol. The van der Waals surface area contributed by atoms with Crippen LogP contribution in [0.5, 0.6) is 0 Å². The van der Waals surface area contributed by atoms with Gasteiger partial charge in [-0.2, -0.15) is 0 Å². The predicted octanol–water partition coefficient (Wildman–Crippen LogP) is 2.25. The number of nitrogens with one attached hydrogen (secondary N) is 2. The van der Waals surface area contributed by atoms with Crippen LogP contribution in [0.3, 0.4) is 0 Å². The fourth-order valence-corrected chi connectivity index (χ4v) is 3.08. The van der Waals surface area contributed by atoms with E-state index in [0.29, 0.717) is 12.6 Å². The number of guanidine groups is 1. The molecule has 1 aromatic heterocycles. The first-order chi connectivity index (χ1) is 12.3. The fourth-order valence-electron chi connectivity index (χ4n) is 3.08. The summed E-state index contributed by atoms with van der Waals surface area (Å²) < 4.78 is 2.01. The van der Waals surface area contributed by atoms with Gasteiger partial charge < -0.3 is 20.1 Å². The van der Waals surface area contributed by atoms with Gasteiger partial charge in [0.25, 0.3) is 0 Å². The monoisotopic (exact) mass is 469 g/mol. The first-order valence-corrected chi connectivity index (χ1v) is 9.01. The van der Waals surface area contributed by atoms with E-state index in [1.807, 2.05) is 4.57 Å². The summed E-state index contributed by atoms with van der Waals surface area (Å²) in [5.41, 5.74) is 1.28. The van der Waals surface area contributed by atoms with Crippen LogP contribution in [0.25, 0.3) is 0 Å². The molecule has 2 heterocycles. The van der Waals surface area contributed by atoms with Gasteiger partial charge in [-0.15, -0.1) is 34.2 Å². The van der Waals surface area contributed by atoms with Crippen LogP contribution in [0.1, 0.15) is 26.1 Å². The van der Waals surface area contributed by atoms with Crippen LogP contribution in [0.4, 0.5) is 5.69 Å². The number of hydrogen-bond donors (Lipinski definition) is 2. The number of aliphatic imine (C=N–C) groups is 1. The molecule has 142 valence electrons. The lowest BCUT2D eigenvalue weighted by Crippen LogP contribution is -2.44. The van der Waals surface area contributed by atoms with E-state index in [9.17, 15) is 0 Å². The average Bonchev–Trinajstić information content (AvgIpc) is 3.29. The summed E-state index contributed by atoms with van der Waals surface area (Å²) in [5.74, 6) is 1.73. The van der Waals surface area contributed by atoms with Crippen molar-refractivity contribution in [2.45, 2.75) is 39.4 Å². The van der Waals surface area contributed by atoms with Gasteiger partial charge in [-0.3, -0.25) is 0 Å². The summed E-state index contributed by atoms with van der Waals surface area (Å²) in [6.45, 7) is 8.43. The molecule has 0 saturated carbocycles. The molecule has 3 rings (SSSR count). The molecule has 26 heavy (non-hydrogen) atoms. The summed E-state index contributed by atoms with van der Waals surface area (Å²) in [6.07, 6.45) is 2.85. The second-order valence-corrected chi connectivity index (χ2v) is 6.14. The number of benzene rings is 1. The third-order valence-corrected chi connectivity index (χ3v) is 4.41. The highest BCUT2D eigenvalue weighted by Crippen LogP contribution is 2.19. The largest absolute Gasteiger partial charge is 0.369 e. The molecule has 1 saturated heterocycles. The maximum Gasteiger partial charge on any atom is 0.191 e. The van der Waals surface area contributed by atoms with E-state index in [1.54, 1.807) is 6.33 Å². The van der Waals surface area contributed by atoms with Gasteiger partial charge >= 0.3 is 0 Å². The summed E-state index contributed by atoms with van der Waals surface area (Å²) in [6, 6.07) is 11.0. The molecule has 1 aliphatic rings. The number of nitrogens with zero attached hydrogens (tertiary/aromatic N) is 5. The lowest BCUT2D eigenvalue weighted by Gasteiger charge is -2.20. The highest BCUT2D eigenvalue weighted by Gasteiger charge is 2.23. The molecular formula is C18H28IN7. The van der Waals surface area contributed by atoms with Crippen molar-refractivity contribution in [3.63, 3.8) is 0 Å². The molecule has 0 aliphatic carbocycles. The molecule has 1 aliphatic heterocycles. The molecule has 2 aromatic rings. The third-order valence-electron chi connectivity index (χ3n) is 4.41. The zero-order chi connectivity index (χ0) is 17.5. The van der Waals surface area contributed by atoms with Crippen molar-refractivity contribution in [3.05, 3.63) is 42.5 Å². The summed E-state index contributed by atoms with van der Waals surface area (Å²) in [5, 5.41) is 15.0. The molecule has 1 fully saturated rings. The molecule has 0 spiro atoms. The normalized spacial score (nSPS) is 17.1. The first-order valence-electron chi connectivity index (χ1n) is 9.01. The summed E-state index contributed by atoms with van der Waals surface area (Å²) in [4.78, 5) is 7.09. The molecule has 1 aromatic carbocycles. The number of halogens is 1. The van der Waals surface area contributed by atoms with Gasteiger partial charge in [0.15, 0.2) is 11.8 Å². The summed E-state index contributed by atoms with van der Waals surface area (Å²) >= 11 is 0. The van der Waals surface area contributed by atoms with Crippen molar-refractivity contribution < 1.29 is 0 Å². The smallest absolute Gasteiger partial charge is 0.191 e. The van der Waals surface area contributed by atoms with Gasteiger partial charge in [0.2, 0.25) is 0 Å². The van der Waals surface area contributed by atoms with Crippen LogP contribution in [0, 0.1) is 0 Å². The van der Waals surface area contributed by atoms with Crippen molar-refractivity contribution in [1.29, 1.82) is 0 Å². The molecule has 7 nitrogen and oxygen atoms in total. The lowest BCUT2D eigenvalue weighted by atomic mass is 10.3. The van der Waals surface area contributed by atoms with Crippen LogP contribution in [-0.4, -0.2) is 46.4 Å². The zero-order valence-electron chi connectivity index (χ0n) is 15.4. The van der Waals surface area contributed by atoms with Crippen LogP contribution in [0.2, 0.25) is 0 Å². The number of aryl methyl sites for hydroxylation is 1. The van der Waals surface area contributed by atoms with E-state index in [4.69, 9.17) is 0 Å². The molecule has 1 atom stereocenters. The van der Waals surface area contributed by atoms with Gasteiger partial charge in [-0.1, -0.05) is 18.2 Å². The maximum absolute atomic E-state index is 4.68. The van der Waals surface area contributed by atoms with Crippen LogP contribution in [-0.2, 0) is 13.1 Å². The van der Waals surface area contributed by atoms with Gasteiger partial charge in [0.05, 0.1) is 0 Å². The quantitative estimate of drug-likeness (QED) is 0.386. The van der Waals surface area contributed by atoms with Crippen LogP contribution < -0.4 is 15.5 Å². The zero-order valence-corrected chi connectivity index (χ0v) is 17.8. The Bertz CT molecular complexity index is 686. The van der Waals surface area contributed by atoms with Gasteiger partial charge in [-0.25, -0.2) is 4.99 Å².